The molecule has 0 aliphatic carbocycles. The molecule has 0 fully saturated rings. The summed E-state index contributed by atoms with van der Waals surface area (Å²) in [6, 6.07) is 5.86. The Morgan fingerprint density at radius 1 is 1.18 bits per heavy atom. The van der Waals surface area contributed by atoms with Gasteiger partial charge < -0.3 is 10.0 Å². The first-order chi connectivity index (χ1) is 8.31. The molecule has 0 radical (unpaired) electrons. The van der Waals surface area contributed by atoms with Crippen LogP contribution in [0.4, 0.5) is 5.69 Å². The molecule has 0 unspecified atom stereocenters. The third kappa shape index (κ3) is 2.79. The van der Waals surface area contributed by atoms with Crippen LogP contribution in [0.1, 0.15) is 11.1 Å². The number of aromatic nitrogens is 2. The Balaban J connectivity index is 2.17. The smallest absolute Gasteiger partial charge is 0.0717 e. The average molecular weight is 229 g/mol. The second-order valence-corrected chi connectivity index (χ2v) is 3.88. The number of hydrogen-bond acceptors (Lipinski definition) is 4. The zero-order valence-corrected chi connectivity index (χ0v) is 9.74. The van der Waals surface area contributed by atoms with Crippen LogP contribution in [0.25, 0.3) is 0 Å². The first-order valence-corrected chi connectivity index (χ1v) is 5.45. The van der Waals surface area contributed by atoms with Crippen molar-refractivity contribution in [2.75, 3.05) is 11.9 Å². The maximum absolute atomic E-state index is 9.25. The predicted octanol–water partition coefficient (Wildman–Crippen LogP) is 1.61. The molecule has 4 nitrogen and oxygen atoms in total. The molecule has 2 heterocycles. The molecule has 0 saturated carbocycles. The lowest BCUT2D eigenvalue weighted by Gasteiger charge is -2.21. The van der Waals surface area contributed by atoms with Gasteiger partial charge in [-0.3, -0.25) is 9.97 Å². The second kappa shape index (κ2) is 5.41. The molecule has 17 heavy (non-hydrogen) atoms. The summed E-state index contributed by atoms with van der Waals surface area (Å²) in [5.41, 5.74) is 2.96. The molecule has 4 heteroatoms. The van der Waals surface area contributed by atoms with E-state index in [1.807, 2.05) is 31.4 Å². The van der Waals surface area contributed by atoms with E-state index in [2.05, 4.69) is 14.9 Å². The van der Waals surface area contributed by atoms with Crippen LogP contribution in [-0.4, -0.2) is 22.1 Å². The minimum Gasteiger partial charge on any atom is -0.392 e. The SMILES string of the molecule is CN(Cc1cccnc1)c1ccncc1CO. The highest BCUT2D eigenvalue weighted by Crippen LogP contribution is 2.19. The Labute approximate surface area is 101 Å². The molecule has 0 spiro atoms. The van der Waals surface area contributed by atoms with Crippen LogP contribution in [0.2, 0.25) is 0 Å². The summed E-state index contributed by atoms with van der Waals surface area (Å²) < 4.78 is 0. The molecule has 0 aliphatic heterocycles. The van der Waals surface area contributed by atoms with E-state index < -0.39 is 0 Å². The molecule has 0 atom stereocenters. The van der Waals surface area contributed by atoms with E-state index >= 15 is 0 Å². The standard InChI is InChI=1S/C13H15N3O/c1-16(9-11-3-2-5-14-7-11)13-4-6-15-8-12(13)10-17/h2-8,17H,9-10H2,1H3. The fourth-order valence-electron chi connectivity index (χ4n) is 1.76. The Bertz CT molecular complexity index is 473. The molecule has 0 saturated heterocycles. The fraction of sp³-hybridized carbons (Fsp3) is 0.231. The van der Waals surface area contributed by atoms with Crippen molar-refractivity contribution in [3.05, 3.63) is 54.1 Å². The Morgan fingerprint density at radius 3 is 2.71 bits per heavy atom. The van der Waals surface area contributed by atoms with E-state index in [9.17, 15) is 5.11 Å². The van der Waals surface area contributed by atoms with E-state index in [0.717, 1.165) is 23.4 Å². The van der Waals surface area contributed by atoms with Gasteiger partial charge in [0.1, 0.15) is 0 Å². The minimum absolute atomic E-state index is 0.000549. The highest BCUT2D eigenvalue weighted by Gasteiger charge is 2.07. The highest BCUT2D eigenvalue weighted by atomic mass is 16.3. The van der Waals surface area contributed by atoms with E-state index in [0.29, 0.717) is 0 Å². The molecule has 0 aromatic carbocycles. The molecule has 0 aliphatic rings. The van der Waals surface area contributed by atoms with E-state index in [-0.39, 0.29) is 6.61 Å². The molecular weight excluding hydrogens is 214 g/mol. The summed E-state index contributed by atoms with van der Waals surface area (Å²) >= 11 is 0. The molecular formula is C13H15N3O. The molecule has 0 amide bonds. The van der Waals surface area contributed by atoms with Gasteiger partial charge in [0, 0.05) is 49.6 Å². The van der Waals surface area contributed by atoms with Crippen LogP contribution in [0.5, 0.6) is 0 Å². The Hall–Kier alpha value is -1.94. The molecule has 2 aromatic heterocycles. The molecule has 2 aromatic rings. The predicted molar refractivity (Wildman–Crippen MR) is 66.5 cm³/mol. The van der Waals surface area contributed by atoms with Crippen LogP contribution in [0, 0.1) is 0 Å². The topological polar surface area (TPSA) is 49.2 Å². The number of hydrogen-bond donors (Lipinski definition) is 1. The van der Waals surface area contributed by atoms with Crippen molar-refractivity contribution in [2.45, 2.75) is 13.2 Å². The first kappa shape index (κ1) is 11.5. The summed E-state index contributed by atoms with van der Waals surface area (Å²) in [5.74, 6) is 0. The zero-order valence-electron chi connectivity index (χ0n) is 9.74. The number of aliphatic hydroxyl groups excluding tert-OH is 1. The molecule has 1 N–H and O–H groups in total. The normalized spacial score (nSPS) is 10.2. The van der Waals surface area contributed by atoms with Gasteiger partial charge in [0.2, 0.25) is 0 Å². The van der Waals surface area contributed by atoms with Crippen molar-refractivity contribution >= 4 is 5.69 Å². The summed E-state index contributed by atoms with van der Waals surface area (Å²) in [4.78, 5) is 10.2. The first-order valence-electron chi connectivity index (χ1n) is 5.45. The number of pyridine rings is 2. The van der Waals surface area contributed by atoms with Gasteiger partial charge in [-0.15, -0.1) is 0 Å². The minimum atomic E-state index is 0.000549. The largest absolute Gasteiger partial charge is 0.392 e. The van der Waals surface area contributed by atoms with Crippen molar-refractivity contribution in [3.8, 4) is 0 Å². The van der Waals surface area contributed by atoms with Crippen LogP contribution < -0.4 is 4.90 Å². The lowest BCUT2D eigenvalue weighted by atomic mass is 10.2. The van der Waals surface area contributed by atoms with Gasteiger partial charge in [0.05, 0.1) is 6.61 Å². The van der Waals surface area contributed by atoms with Crippen LogP contribution >= 0.6 is 0 Å². The van der Waals surface area contributed by atoms with Crippen molar-refractivity contribution in [1.29, 1.82) is 0 Å². The maximum Gasteiger partial charge on any atom is 0.0717 e. The number of nitrogens with zero attached hydrogens (tertiary/aromatic N) is 3. The maximum atomic E-state index is 9.25. The van der Waals surface area contributed by atoms with Crippen molar-refractivity contribution in [3.63, 3.8) is 0 Å². The van der Waals surface area contributed by atoms with Gasteiger partial charge in [-0.25, -0.2) is 0 Å². The fourth-order valence-corrected chi connectivity index (χ4v) is 1.76. The van der Waals surface area contributed by atoms with Crippen LogP contribution in [0.3, 0.4) is 0 Å². The zero-order chi connectivity index (χ0) is 12.1. The van der Waals surface area contributed by atoms with Crippen molar-refractivity contribution in [2.24, 2.45) is 0 Å². The quantitative estimate of drug-likeness (QED) is 0.865. The summed E-state index contributed by atoms with van der Waals surface area (Å²) in [5, 5.41) is 9.25. The van der Waals surface area contributed by atoms with E-state index in [1.54, 1.807) is 18.6 Å². The second-order valence-electron chi connectivity index (χ2n) is 3.88. The Morgan fingerprint density at radius 2 is 2.00 bits per heavy atom. The summed E-state index contributed by atoms with van der Waals surface area (Å²) in [7, 11) is 1.99. The lowest BCUT2D eigenvalue weighted by molar-refractivity contribution is 0.281. The summed E-state index contributed by atoms with van der Waals surface area (Å²) in [6.45, 7) is 0.755. The van der Waals surface area contributed by atoms with Crippen LogP contribution in [-0.2, 0) is 13.2 Å². The number of anilines is 1. The van der Waals surface area contributed by atoms with Gasteiger partial charge in [0.25, 0.3) is 0 Å². The van der Waals surface area contributed by atoms with Gasteiger partial charge in [-0.1, -0.05) is 6.07 Å². The van der Waals surface area contributed by atoms with Gasteiger partial charge in [-0.05, 0) is 17.7 Å². The lowest BCUT2D eigenvalue weighted by Crippen LogP contribution is -2.18. The third-order valence-electron chi connectivity index (χ3n) is 2.60. The number of aliphatic hydroxyl groups is 1. The molecule has 0 bridgehead atoms. The highest BCUT2D eigenvalue weighted by molar-refractivity contribution is 5.51. The third-order valence-corrected chi connectivity index (χ3v) is 2.60. The summed E-state index contributed by atoms with van der Waals surface area (Å²) in [6.07, 6.45) is 7.02. The van der Waals surface area contributed by atoms with Crippen molar-refractivity contribution in [1.82, 2.24) is 9.97 Å². The Kier molecular flexibility index (Phi) is 3.67. The molecule has 2 rings (SSSR count). The average Bonchev–Trinajstić information content (AvgIpc) is 2.40. The van der Waals surface area contributed by atoms with Gasteiger partial charge in [0.15, 0.2) is 0 Å². The van der Waals surface area contributed by atoms with Gasteiger partial charge in [-0.2, -0.15) is 0 Å². The monoisotopic (exact) mass is 229 g/mol. The van der Waals surface area contributed by atoms with Gasteiger partial charge >= 0.3 is 0 Å². The molecule has 88 valence electrons. The van der Waals surface area contributed by atoms with E-state index in [4.69, 9.17) is 0 Å². The van der Waals surface area contributed by atoms with Crippen LogP contribution in [0.15, 0.2) is 43.0 Å². The van der Waals surface area contributed by atoms with E-state index in [1.165, 1.54) is 0 Å². The van der Waals surface area contributed by atoms with Crippen molar-refractivity contribution < 1.29 is 5.11 Å². The number of rotatable bonds is 4.